The summed E-state index contributed by atoms with van der Waals surface area (Å²) in [5, 5.41) is 1.64. The number of para-hydroxylation sites is 1. The summed E-state index contributed by atoms with van der Waals surface area (Å²) in [4.78, 5) is 50.9. The maximum atomic E-state index is 13.0. The van der Waals surface area contributed by atoms with Gasteiger partial charge in [0.1, 0.15) is 15.5 Å². The van der Waals surface area contributed by atoms with Crippen molar-refractivity contribution in [2.24, 2.45) is 0 Å². The summed E-state index contributed by atoms with van der Waals surface area (Å²) in [6, 6.07) is 7.50. The Labute approximate surface area is 190 Å². The van der Waals surface area contributed by atoms with Gasteiger partial charge in [-0.15, -0.1) is 11.3 Å². The van der Waals surface area contributed by atoms with Crippen LogP contribution in [-0.2, 0) is 10.5 Å². The molecule has 0 spiro atoms. The zero-order valence-corrected chi connectivity index (χ0v) is 19.1. The van der Waals surface area contributed by atoms with Crippen LogP contribution in [0.15, 0.2) is 39.0 Å². The number of H-pyrrole nitrogens is 1. The highest BCUT2D eigenvalue weighted by Crippen LogP contribution is 2.37. The van der Waals surface area contributed by atoms with Gasteiger partial charge in [0.2, 0.25) is 0 Å². The van der Waals surface area contributed by atoms with Gasteiger partial charge in [-0.3, -0.25) is 14.2 Å². The minimum absolute atomic E-state index is 0.0366. The van der Waals surface area contributed by atoms with E-state index in [4.69, 9.17) is 9.72 Å². The minimum Gasteiger partial charge on any atom is -0.462 e. The lowest BCUT2D eigenvalue weighted by Gasteiger charge is -2.12. The molecule has 164 valence electrons. The van der Waals surface area contributed by atoms with Gasteiger partial charge in [-0.2, -0.15) is 0 Å². The van der Waals surface area contributed by atoms with Crippen LogP contribution in [0.2, 0.25) is 0 Å². The number of fused-ring (bicyclic) bond motifs is 2. The molecule has 3 heterocycles. The van der Waals surface area contributed by atoms with Crippen LogP contribution in [0.5, 0.6) is 0 Å². The number of nitrogens with zero attached hydrogens (tertiary/aromatic N) is 3. The van der Waals surface area contributed by atoms with Gasteiger partial charge in [0.25, 0.3) is 11.1 Å². The molecule has 1 N–H and O–H groups in total. The van der Waals surface area contributed by atoms with Crippen molar-refractivity contribution in [1.82, 2.24) is 19.5 Å². The number of esters is 1. The van der Waals surface area contributed by atoms with Gasteiger partial charge in [0, 0.05) is 6.04 Å². The van der Waals surface area contributed by atoms with Gasteiger partial charge in [-0.25, -0.2) is 14.8 Å². The SMILES string of the molecule is CCOC(=O)c1sc2nc(CSc3nc4ccccc4c(=O)n3C3CC3)[nH]c(=O)c2c1C. The van der Waals surface area contributed by atoms with Crippen LogP contribution in [0.4, 0.5) is 0 Å². The Morgan fingerprint density at radius 3 is 2.81 bits per heavy atom. The van der Waals surface area contributed by atoms with Crippen LogP contribution in [0.25, 0.3) is 21.1 Å². The van der Waals surface area contributed by atoms with Crippen molar-refractivity contribution < 1.29 is 9.53 Å². The fourth-order valence-electron chi connectivity index (χ4n) is 3.66. The van der Waals surface area contributed by atoms with Crippen LogP contribution in [0.3, 0.4) is 0 Å². The maximum absolute atomic E-state index is 13.0. The monoisotopic (exact) mass is 468 g/mol. The molecule has 1 saturated carbocycles. The second-order valence-electron chi connectivity index (χ2n) is 7.58. The Morgan fingerprint density at radius 1 is 1.28 bits per heavy atom. The molecular formula is C22H20N4O4S2. The maximum Gasteiger partial charge on any atom is 0.348 e. The van der Waals surface area contributed by atoms with Crippen molar-refractivity contribution in [2.75, 3.05) is 6.61 Å². The molecule has 0 saturated heterocycles. The summed E-state index contributed by atoms with van der Waals surface area (Å²) in [7, 11) is 0. The van der Waals surface area contributed by atoms with Gasteiger partial charge >= 0.3 is 5.97 Å². The second kappa shape index (κ2) is 8.18. The summed E-state index contributed by atoms with van der Waals surface area (Å²) < 4.78 is 6.85. The van der Waals surface area contributed by atoms with E-state index in [1.807, 2.05) is 18.2 Å². The molecule has 0 unspecified atom stereocenters. The van der Waals surface area contributed by atoms with Crippen molar-refractivity contribution in [3.8, 4) is 0 Å². The molecule has 1 aliphatic carbocycles. The van der Waals surface area contributed by atoms with E-state index in [9.17, 15) is 14.4 Å². The van der Waals surface area contributed by atoms with Gasteiger partial charge < -0.3 is 9.72 Å². The molecule has 0 amide bonds. The zero-order chi connectivity index (χ0) is 22.4. The van der Waals surface area contributed by atoms with Gasteiger partial charge in [0.15, 0.2) is 5.16 Å². The van der Waals surface area contributed by atoms with Crippen LogP contribution in [0.1, 0.15) is 46.9 Å². The number of aromatic nitrogens is 4. The molecule has 8 nitrogen and oxygen atoms in total. The molecule has 1 aliphatic rings. The van der Waals surface area contributed by atoms with E-state index >= 15 is 0 Å². The lowest BCUT2D eigenvalue weighted by atomic mass is 10.2. The normalized spacial score (nSPS) is 13.7. The molecule has 4 aromatic rings. The molecule has 0 aliphatic heterocycles. The van der Waals surface area contributed by atoms with Gasteiger partial charge in [0.05, 0.1) is 28.6 Å². The van der Waals surface area contributed by atoms with Crippen LogP contribution in [0, 0.1) is 6.92 Å². The second-order valence-corrected chi connectivity index (χ2v) is 9.52. The Balaban J connectivity index is 1.50. The molecule has 0 radical (unpaired) electrons. The average molecular weight is 469 g/mol. The number of hydrogen-bond donors (Lipinski definition) is 1. The van der Waals surface area contributed by atoms with Crippen LogP contribution >= 0.6 is 23.1 Å². The van der Waals surface area contributed by atoms with Crippen molar-refractivity contribution in [2.45, 2.75) is 43.6 Å². The first-order valence-corrected chi connectivity index (χ1v) is 12.1. The van der Waals surface area contributed by atoms with Crippen LogP contribution in [-0.4, -0.2) is 32.1 Å². The number of hydrogen-bond acceptors (Lipinski definition) is 8. The third-order valence-electron chi connectivity index (χ3n) is 5.34. The van der Waals surface area contributed by atoms with E-state index in [-0.39, 0.29) is 23.8 Å². The summed E-state index contributed by atoms with van der Waals surface area (Å²) in [6.07, 6.45) is 1.92. The lowest BCUT2D eigenvalue weighted by Crippen LogP contribution is -2.22. The van der Waals surface area contributed by atoms with Gasteiger partial charge in [-0.1, -0.05) is 23.9 Å². The van der Waals surface area contributed by atoms with Crippen molar-refractivity contribution in [3.63, 3.8) is 0 Å². The Morgan fingerprint density at radius 2 is 2.06 bits per heavy atom. The number of aromatic amines is 1. The number of thiophene rings is 1. The third-order valence-corrected chi connectivity index (χ3v) is 7.47. The summed E-state index contributed by atoms with van der Waals surface area (Å²) in [5.74, 6) is 0.361. The first kappa shape index (κ1) is 20.9. The first-order valence-electron chi connectivity index (χ1n) is 10.3. The number of carbonyl (C=O) groups excluding carboxylic acids is 1. The summed E-state index contributed by atoms with van der Waals surface area (Å²) in [6.45, 7) is 3.73. The predicted octanol–water partition coefficient (Wildman–Crippen LogP) is 3.81. The summed E-state index contributed by atoms with van der Waals surface area (Å²) in [5.41, 5.74) is 0.906. The van der Waals surface area contributed by atoms with Crippen molar-refractivity contribution in [1.29, 1.82) is 0 Å². The highest BCUT2D eigenvalue weighted by molar-refractivity contribution is 7.98. The molecule has 10 heteroatoms. The standard InChI is InChI=1S/C22H20N4O4S2/c1-3-30-21(29)17-11(2)16-18(27)24-15(25-19(16)32-17)10-31-22-23-14-7-5-4-6-13(14)20(28)26(22)12-8-9-12/h4-7,12H,3,8-10H2,1-2H3,(H,24,25,27). The van der Waals surface area contributed by atoms with E-state index in [0.717, 1.165) is 24.2 Å². The highest BCUT2D eigenvalue weighted by Gasteiger charge is 2.28. The van der Waals surface area contributed by atoms with E-state index in [1.54, 1.807) is 24.5 Å². The van der Waals surface area contributed by atoms with Crippen LogP contribution < -0.4 is 11.1 Å². The largest absolute Gasteiger partial charge is 0.462 e. The molecule has 0 bridgehead atoms. The third kappa shape index (κ3) is 3.63. The number of nitrogens with one attached hydrogen (secondary N) is 1. The van der Waals surface area contributed by atoms with E-state index in [0.29, 0.717) is 48.3 Å². The molecule has 1 fully saturated rings. The number of ether oxygens (including phenoxy) is 1. The number of thioether (sulfide) groups is 1. The van der Waals surface area contributed by atoms with E-state index < -0.39 is 5.97 Å². The Hall–Kier alpha value is -2.98. The van der Waals surface area contributed by atoms with E-state index in [2.05, 4.69) is 9.97 Å². The summed E-state index contributed by atoms with van der Waals surface area (Å²) >= 11 is 2.53. The zero-order valence-electron chi connectivity index (χ0n) is 17.5. The Bertz CT molecular complexity index is 1480. The molecule has 1 aromatic carbocycles. The fraction of sp³-hybridized carbons (Fsp3) is 0.318. The molecule has 5 rings (SSSR count). The molecule has 32 heavy (non-hydrogen) atoms. The topological polar surface area (TPSA) is 107 Å². The smallest absolute Gasteiger partial charge is 0.348 e. The quantitative estimate of drug-likeness (QED) is 0.260. The first-order chi connectivity index (χ1) is 15.5. The lowest BCUT2D eigenvalue weighted by molar-refractivity contribution is 0.0531. The van der Waals surface area contributed by atoms with E-state index in [1.165, 1.54) is 11.8 Å². The Kier molecular flexibility index (Phi) is 5.34. The minimum atomic E-state index is -0.447. The molecule has 0 atom stereocenters. The highest BCUT2D eigenvalue weighted by atomic mass is 32.2. The predicted molar refractivity (Wildman–Crippen MR) is 125 cm³/mol. The van der Waals surface area contributed by atoms with Gasteiger partial charge in [-0.05, 0) is 44.4 Å². The average Bonchev–Trinajstić information content (AvgIpc) is 3.55. The molecular weight excluding hydrogens is 448 g/mol. The van der Waals surface area contributed by atoms with Crippen molar-refractivity contribution in [3.05, 3.63) is 61.2 Å². The van der Waals surface area contributed by atoms with Crippen molar-refractivity contribution >= 4 is 50.2 Å². The molecule has 3 aromatic heterocycles. The fourth-order valence-corrected chi connectivity index (χ4v) is 5.69. The number of aryl methyl sites for hydroxylation is 1. The number of benzene rings is 1. The number of rotatable bonds is 6. The number of carbonyl (C=O) groups is 1.